The quantitative estimate of drug-likeness (QED) is 0.783. The first kappa shape index (κ1) is 17.5. The molecule has 1 saturated heterocycles. The second-order valence-electron chi connectivity index (χ2n) is 6.33. The molecule has 1 aromatic carbocycles. The summed E-state index contributed by atoms with van der Waals surface area (Å²) in [6.07, 6.45) is 2.82. The van der Waals surface area contributed by atoms with Gasteiger partial charge < -0.3 is 9.64 Å². The number of hydrogen-bond donors (Lipinski definition) is 0. The minimum Gasteiger partial charge on any atom is -0.481 e. The third kappa shape index (κ3) is 5.71. The largest absolute Gasteiger partial charge is 0.481 e. The van der Waals surface area contributed by atoms with Gasteiger partial charge in [0.25, 0.3) is 5.91 Å². The third-order valence-electron chi connectivity index (χ3n) is 4.06. The first-order valence-electron chi connectivity index (χ1n) is 8.42. The minimum absolute atomic E-state index is 0.0814. The number of amides is 1. The molecule has 1 amide bonds. The number of carbonyl (C=O) groups excluding carboxylic acids is 1. The summed E-state index contributed by atoms with van der Waals surface area (Å²) in [5, 5.41) is 0. The summed E-state index contributed by atoms with van der Waals surface area (Å²) in [7, 11) is 0. The van der Waals surface area contributed by atoms with Gasteiger partial charge in [0.05, 0.1) is 0 Å². The van der Waals surface area contributed by atoms with Crippen LogP contribution in [0.1, 0.15) is 27.2 Å². The lowest BCUT2D eigenvalue weighted by Crippen LogP contribution is -2.42. The molecule has 1 aliphatic heterocycles. The summed E-state index contributed by atoms with van der Waals surface area (Å²) in [6.45, 7) is 10.6. The van der Waals surface area contributed by atoms with E-state index in [-0.39, 0.29) is 5.91 Å². The van der Waals surface area contributed by atoms with Gasteiger partial charge in [-0.2, -0.15) is 0 Å². The van der Waals surface area contributed by atoms with Gasteiger partial charge in [-0.25, -0.2) is 0 Å². The molecule has 0 radical (unpaired) electrons. The van der Waals surface area contributed by atoms with Crippen LogP contribution >= 0.6 is 0 Å². The van der Waals surface area contributed by atoms with E-state index in [9.17, 15) is 4.79 Å². The minimum atomic E-state index is -0.443. The molecular weight excluding hydrogens is 288 g/mol. The Balaban J connectivity index is 1.86. The topological polar surface area (TPSA) is 32.8 Å². The molecule has 0 aliphatic carbocycles. The van der Waals surface area contributed by atoms with E-state index in [0.717, 1.165) is 44.9 Å². The molecule has 1 unspecified atom stereocenters. The van der Waals surface area contributed by atoms with Crippen molar-refractivity contribution in [3.8, 4) is 5.75 Å². The molecule has 0 N–H and O–H groups in total. The van der Waals surface area contributed by atoms with Crippen molar-refractivity contribution in [3.63, 3.8) is 0 Å². The zero-order chi connectivity index (χ0) is 16.7. The fraction of sp³-hybridized carbons (Fsp3) is 0.526. The highest BCUT2D eigenvalue weighted by atomic mass is 16.5. The molecule has 1 fully saturated rings. The third-order valence-corrected chi connectivity index (χ3v) is 4.06. The molecule has 23 heavy (non-hydrogen) atoms. The van der Waals surface area contributed by atoms with Crippen LogP contribution in [0, 0.1) is 0 Å². The Morgan fingerprint density at radius 2 is 1.91 bits per heavy atom. The van der Waals surface area contributed by atoms with Crippen LogP contribution in [0.5, 0.6) is 5.75 Å². The summed E-state index contributed by atoms with van der Waals surface area (Å²) >= 11 is 0. The van der Waals surface area contributed by atoms with Crippen molar-refractivity contribution in [1.82, 2.24) is 9.80 Å². The molecule has 1 aliphatic rings. The number of para-hydroxylation sites is 1. The van der Waals surface area contributed by atoms with E-state index in [0.29, 0.717) is 0 Å². The highest BCUT2D eigenvalue weighted by Crippen LogP contribution is 2.13. The number of rotatable bonds is 5. The maximum absolute atomic E-state index is 12.6. The fourth-order valence-electron chi connectivity index (χ4n) is 2.70. The maximum atomic E-state index is 12.6. The van der Waals surface area contributed by atoms with Crippen LogP contribution in [0.2, 0.25) is 0 Å². The Bertz CT molecular complexity index is 523. The van der Waals surface area contributed by atoms with E-state index in [1.165, 1.54) is 5.57 Å². The highest BCUT2D eigenvalue weighted by Gasteiger charge is 2.24. The van der Waals surface area contributed by atoms with Crippen LogP contribution in [0.25, 0.3) is 0 Å². The molecule has 1 heterocycles. The van der Waals surface area contributed by atoms with Crippen LogP contribution in [0.3, 0.4) is 0 Å². The van der Waals surface area contributed by atoms with Crippen molar-refractivity contribution in [1.29, 1.82) is 0 Å². The standard InChI is InChI=1S/C19H28N2O2/c1-16(2)10-13-20-11-7-12-21(15-14-20)19(22)17(3)23-18-8-5-4-6-9-18/h4-6,8-10,17H,7,11-15H2,1-3H3. The normalized spacial score (nSPS) is 17.3. The average Bonchev–Trinajstić information content (AvgIpc) is 2.78. The van der Waals surface area contributed by atoms with Gasteiger partial charge in [0.1, 0.15) is 5.75 Å². The molecule has 1 atom stereocenters. The lowest BCUT2D eigenvalue weighted by atomic mass is 10.3. The average molecular weight is 316 g/mol. The van der Waals surface area contributed by atoms with Gasteiger partial charge >= 0.3 is 0 Å². The summed E-state index contributed by atoms with van der Waals surface area (Å²) in [5.41, 5.74) is 1.34. The van der Waals surface area contributed by atoms with Crippen LogP contribution in [0.4, 0.5) is 0 Å². The predicted molar refractivity (Wildman–Crippen MR) is 93.6 cm³/mol. The number of hydrogen-bond acceptors (Lipinski definition) is 3. The maximum Gasteiger partial charge on any atom is 0.263 e. The van der Waals surface area contributed by atoms with Gasteiger partial charge in [-0.05, 0) is 39.3 Å². The predicted octanol–water partition coefficient (Wildman–Crippen LogP) is 2.95. The van der Waals surface area contributed by atoms with Gasteiger partial charge in [0.2, 0.25) is 0 Å². The van der Waals surface area contributed by atoms with E-state index in [1.807, 2.05) is 42.2 Å². The van der Waals surface area contributed by atoms with Gasteiger partial charge in [-0.3, -0.25) is 9.69 Å². The summed E-state index contributed by atoms with van der Waals surface area (Å²) < 4.78 is 5.76. The SMILES string of the molecule is CC(C)=CCN1CCCN(C(=O)C(C)Oc2ccccc2)CC1. The molecule has 0 bridgehead atoms. The first-order chi connectivity index (χ1) is 11.1. The van der Waals surface area contributed by atoms with Crippen molar-refractivity contribution in [3.05, 3.63) is 42.0 Å². The zero-order valence-electron chi connectivity index (χ0n) is 14.5. The molecule has 4 nitrogen and oxygen atoms in total. The Morgan fingerprint density at radius 1 is 1.17 bits per heavy atom. The second-order valence-corrected chi connectivity index (χ2v) is 6.33. The number of nitrogens with zero attached hydrogens (tertiary/aromatic N) is 2. The summed E-state index contributed by atoms with van der Waals surface area (Å²) in [5.74, 6) is 0.825. The van der Waals surface area contributed by atoms with Crippen molar-refractivity contribution in [2.45, 2.75) is 33.3 Å². The molecule has 2 rings (SSSR count). The smallest absolute Gasteiger partial charge is 0.263 e. The van der Waals surface area contributed by atoms with Gasteiger partial charge in [0, 0.05) is 32.7 Å². The molecular formula is C19H28N2O2. The van der Waals surface area contributed by atoms with Crippen LogP contribution < -0.4 is 4.74 Å². The summed E-state index contributed by atoms with van der Waals surface area (Å²) in [6, 6.07) is 9.54. The monoisotopic (exact) mass is 316 g/mol. The van der Waals surface area contributed by atoms with E-state index in [1.54, 1.807) is 0 Å². The van der Waals surface area contributed by atoms with E-state index >= 15 is 0 Å². The summed E-state index contributed by atoms with van der Waals surface area (Å²) in [4.78, 5) is 16.9. The molecule has 0 saturated carbocycles. The van der Waals surface area contributed by atoms with E-state index < -0.39 is 6.10 Å². The molecule has 4 heteroatoms. The van der Waals surface area contributed by atoms with Gasteiger partial charge in [0.15, 0.2) is 6.10 Å². The van der Waals surface area contributed by atoms with Crippen molar-refractivity contribution < 1.29 is 9.53 Å². The second kappa shape index (κ2) is 8.73. The molecule has 1 aromatic rings. The van der Waals surface area contributed by atoms with Crippen molar-refractivity contribution in [2.75, 3.05) is 32.7 Å². The molecule has 0 aromatic heterocycles. The number of benzene rings is 1. The lowest BCUT2D eigenvalue weighted by molar-refractivity contribution is -0.137. The highest BCUT2D eigenvalue weighted by molar-refractivity contribution is 5.81. The van der Waals surface area contributed by atoms with Crippen molar-refractivity contribution in [2.24, 2.45) is 0 Å². The Kier molecular flexibility index (Phi) is 6.66. The van der Waals surface area contributed by atoms with E-state index in [2.05, 4.69) is 24.8 Å². The van der Waals surface area contributed by atoms with Gasteiger partial charge in [-0.15, -0.1) is 0 Å². The van der Waals surface area contributed by atoms with Crippen LogP contribution in [-0.4, -0.2) is 54.5 Å². The molecule has 126 valence electrons. The Labute approximate surface area is 139 Å². The number of carbonyl (C=O) groups is 1. The fourth-order valence-corrected chi connectivity index (χ4v) is 2.70. The van der Waals surface area contributed by atoms with Crippen LogP contribution in [-0.2, 0) is 4.79 Å². The Hall–Kier alpha value is -1.81. The zero-order valence-corrected chi connectivity index (χ0v) is 14.5. The van der Waals surface area contributed by atoms with Crippen LogP contribution in [0.15, 0.2) is 42.0 Å². The first-order valence-corrected chi connectivity index (χ1v) is 8.42. The lowest BCUT2D eigenvalue weighted by Gasteiger charge is -2.25. The van der Waals surface area contributed by atoms with Crippen molar-refractivity contribution >= 4 is 5.91 Å². The number of ether oxygens (including phenoxy) is 1. The molecule has 0 spiro atoms. The van der Waals surface area contributed by atoms with E-state index in [4.69, 9.17) is 4.74 Å². The number of allylic oxidation sites excluding steroid dienone is 1. The van der Waals surface area contributed by atoms with Gasteiger partial charge in [-0.1, -0.05) is 29.8 Å². The Morgan fingerprint density at radius 3 is 2.61 bits per heavy atom.